The lowest BCUT2D eigenvalue weighted by Gasteiger charge is -2.18. The van der Waals surface area contributed by atoms with E-state index in [4.69, 9.17) is 0 Å². The second-order valence-corrected chi connectivity index (χ2v) is 7.45. The molecule has 2 nitrogen and oxygen atoms in total. The Labute approximate surface area is 143 Å². The highest BCUT2D eigenvalue weighted by Crippen LogP contribution is 2.42. The van der Waals surface area contributed by atoms with Gasteiger partial charge in [0.2, 0.25) is 0 Å². The molecule has 0 spiro atoms. The van der Waals surface area contributed by atoms with Gasteiger partial charge in [-0.1, -0.05) is 28.1 Å². The summed E-state index contributed by atoms with van der Waals surface area (Å²) in [6, 6.07) is 10.0. The van der Waals surface area contributed by atoms with Crippen molar-refractivity contribution in [2.45, 2.75) is 18.9 Å². The maximum absolute atomic E-state index is 9.91. The highest BCUT2D eigenvalue weighted by atomic mass is 79.9. The minimum Gasteiger partial charge on any atom is -0.508 e. The maximum atomic E-state index is 9.91. The number of phenols is 1. The Morgan fingerprint density at radius 3 is 2.50 bits per heavy atom. The molecule has 2 N–H and O–H groups in total. The van der Waals surface area contributed by atoms with Crippen molar-refractivity contribution < 1.29 is 5.11 Å². The van der Waals surface area contributed by atoms with Crippen molar-refractivity contribution >= 4 is 53.5 Å². The van der Waals surface area contributed by atoms with Crippen molar-refractivity contribution in [3.63, 3.8) is 0 Å². The summed E-state index contributed by atoms with van der Waals surface area (Å²) in [6.45, 7) is 0. The van der Waals surface area contributed by atoms with Crippen molar-refractivity contribution in [3.8, 4) is 5.75 Å². The summed E-state index contributed by atoms with van der Waals surface area (Å²) in [5.74, 6) is 0.403. The first-order valence-corrected chi connectivity index (χ1v) is 8.66. The minimum atomic E-state index is 0.228. The predicted molar refractivity (Wildman–Crippen MR) is 92.3 cm³/mol. The molecule has 0 bridgehead atoms. The molecule has 0 amide bonds. The van der Waals surface area contributed by atoms with Crippen molar-refractivity contribution in [2.24, 2.45) is 0 Å². The van der Waals surface area contributed by atoms with E-state index in [0.29, 0.717) is 5.75 Å². The van der Waals surface area contributed by atoms with E-state index in [-0.39, 0.29) is 6.04 Å². The quantitative estimate of drug-likeness (QED) is 0.594. The lowest BCUT2D eigenvalue weighted by molar-refractivity contribution is 0.469. The summed E-state index contributed by atoms with van der Waals surface area (Å²) < 4.78 is 3.03. The summed E-state index contributed by atoms with van der Waals surface area (Å²) in [6.07, 6.45) is 1.90. The third-order valence-electron chi connectivity index (χ3n) is 3.57. The van der Waals surface area contributed by atoms with Gasteiger partial charge in [-0.15, -0.1) is 0 Å². The topological polar surface area (TPSA) is 32.3 Å². The van der Waals surface area contributed by atoms with E-state index in [1.54, 1.807) is 6.07 Å². The monoisotopic (exact) mass is 459 g/mol. The van der Waals surface area contributed by atoms with E-state index in [9.17, 15) is 5.11 Å². The summed E-state index contributed by atoms with van der Waals surface area (Å²) in [7, 11) is 0. The normalized spacial score (nSPS) is 17.1. The highest BCUT2D eigenvalue weighted by Gasteiger charge is 2.25. The zero-order chi connectivity index (χ0) is 14.3. The fourth-order valence-corrected chi connectivity index (χ4v) is 5.13. The second-order valence-electron chi connectivity index (χ2n) is 4.82. The average molecular weight is 462 g/mol. The molecule has 0 heterocycles. The molecule has 0 aliphatic heterocycles. The zero-order valence-corrected chi connectivity index (χ0v) is 15.2. The van der Waals surface area contributed by atoms with Crippen LogP contribution >= 0.6 is 47.8 Å². The van der Waals surface area contributed by atoms with Crippen LogP contribution in [0.25, 0.3) is 0 Å². The Morgan fingerprint density at radius 2 is 1.80 bits per heavy atom. The molecule has 2 aromatic carbocycles. The van der Waals surface area contributed by atoms with E-state index >= 15 is 0 Å². The largest absolute Gasteiger partial charge is 0.508 e. The Bertz CT molecular complexity index is 649. The molecular formula is C15H12Br3NO. The van der Waals surface area contributed by atoms with Gasteiger partial charge in [-0.05, 0) is 74.0 Å². The van der Waals surface area contributed by atoms with Crippen LogP contribution in [-0.4, -0.2) is 5.11 Å². The molecule has 2 aromatic rings. The number of benzene rings is 2. The van der Waals surface area contributed by atoms with Crippen LogP contribution in [0.4, 0.5) is 5.69 Å². The molecule has 5 heteroatoms. The van der Waals surface area contributed by atoms with Crippen LogP contribution in [-0.2, 0) is 6.42 Å². The third-order valence-corrected chi connectivity index (χ3v) is 5.28. The Hall–Kier alpha value is -0.520. The van der Waals surface area contributed by atoms with Crippen molar-refractivity contribution in [3.05, 3.63) is 54.9 Å². The number of nitrogens with one attached hydrogen (secondary N) is 1. The number of phenolic OH excluding ortho intramolecular Hbond substituents is 1. The van der Waals surface area contributed by atoms with Gasteiger partial charge in [-0.3, -0.25) is 0 Å². The minimum absolute atomic E-state index is 0.228. The van der Waals surface area contributed by atoms with Gasteiger partial charge in [0.25, 0.3) is 0 Å². The molecule has 0 aromatic heterocycles. The zero-order valence-electron chi connectivity index (χ0n) is 10.5. The van der Waals surface area contributed by atoms with Crippen molar-refractivity contribution in [2.75, 3.05) is 5.32 Å². The summed E-state index contributed by atoms with van der Waals surface area (Å²) in [5, 5.41) is 13.5. The molecule has 20 heavy (non-hydrogen) atoms. The van der Waals surface area contributed by atoms with Gasteiger partial charge in [0.05, 0.1) is 11.7 Å². The fraction of sp³-hybridized carbons (Fsp3) is 0.200. The molecule has 1 atom stereocenters. The highest BCUT2D eigenvalue weighted by molar-refractivity contribution is 9.11. The molecular weight excluding hydrogens is 450 g/mol. The van der Waals surface area contributed by atoms with Gasteiger partial charge < -0.3 is 10.4 Å². The first-order valence-electron chi connectivity index (χ1n) is 6.28. The van der Waals surface area contributed by atoms with Crippen LogP contribution < -0.4 is 5.32 Å². The molecule has 0 fully saturated rings. The van der Waals surface area contributed by atoms with Gasteiger partial charge in [0, 0.05) is 13.4 Å². The predicted octanol–water partition coefficient (Wildman–Crippen LogP) is 5.78. The van der Waals surface area contributed by atoms with Gasteiger partial charge >= 0.3 is 0 Å². The molecule has 0 saturated carbocycles. The summed E-state index contributed by atoms with van der Waals surface area (Å²) in [5.41, 5.74) is 3.29. The summed E-state index contributed by atoms with van der Waals surface area (Å²) >= 11 is 10.6. The van der Waals surface area contributed by atoms with E-state index in [0.717, 1.165) is 37.5 Å². The van der Waals surface area contributed by atoms with Crippen LogP contribution in [0.3, 0.4) is 0 Å². The fourth-order valence-electron chi connectivity index (χ4n) is 2.64. The average Bonchev–Trinajstić information content (AvgIpc) is 2.78. The Morgan fingerprint density at radius 1 is 1.10 bits per heavy atom. The van der Waals surface area contributed by atoms with E-state index < -0.39 is 0 Å². The van der Waals surface area contributed by atoms with Gasteiger partial charge in [0.1, 0.15) is 5.75 Å². The summed E-state index contributed by atoms with van der Waals surface area (Å²) in [4.78, 5) is 0. The molecule has 0 saturated heterocycles. The molecule has 1 aliphatic carbocycles. The number of halogens is 3. The van der Waals surface area contributed by atoms with Crippen LogP contribution in [0.2, 0.25) is 0 Å². The van der Waals surface area contributed by atoms with E-state index in [1.807, 2.05) is 18.2 Å². The van der Waals surface area contributed by atoms with Crippen LogP contribution in [0, 0.1) is 0 Å². The molecule has 1 aliphatic rings. The van der Waals surface area contributed by atoms with Gasteiger partial charge in [-0.25, -0.2) is 0 Å². The molecule has 104 valence electrons. The second kappa shape index (κ2) is 5.70. The number of hydrogen-bond donors (Lipinski definition) is 2. The van der Waals surface area contributed by atoms with Gasteiger partial charge in [0.15, 0.2) is 0 Å². The first-order chi connectivity index (χ1) is 9.56. The number of aromatic hydroxyl groups is 1. The number of hydrogen-bond acceptors (Lipinski definition) is 2. The Kier molecular flexibility index (Phi) is 4.11. The smallest absolute Gasteiger partial charge is 0.119 e. The van der Waals surface area contributed by atoms with Crippen LogP contribution in [0.1, 0.15) is 23.6 Å². The van der Waals surface area contributed by atoms with Gasteiger partial charge in [-0.2, -0.15) is 0 Å². The maximum Gasteiger partial charge on any atom is 0.119 e. The molecule has 0 radical (unpaired) electrons. The molecule has 1 unspecified atom stereocenters. The van der Waals surface area contributed by atoms with E-state index in [1.165, 1.54) is 5.56 Å². The van der Waals surface area contributed by atoms with Crippen LogP contribution in [0.15, 0.2) is 43.7 Å². The first kappa shape index (κ1) is 14.4. The Balaban J connectivity index is 1.94. The number of anilines is 1. The van der Waals surface area contributed by atoms with Crippen LogP contribution in [0.5, 0.6) is 5.75 Å². The standard InChI is InChI=1S/C15H12Br3NO/c16-8-6-11(17)15(12(18)7-8)19-13-5-4-10-9(13)2-1-3-14(10)20/h1-3,6-7,13,19-20H,4-5H2. The SMILES string of the molecule is Oc1cccc2c1CCC2Nc1c(Br)cc(Br)cc1Br. The number of rotatable bonds is 2. The van der Waals surface area contributed by atoms with Crippen molar-refractivity contribution in [1.29, 1.82) is 0 Å². The van der Waals surface area contributed by atoms with Crippen molar-refractivity contribution in [1.82, 2.24) is 0 Å². The number of fused-ring (bicyclic) bond motifs is 1. The lowest BCUT2D eigenvalue weighted by Crippen LogP contribution is -2.08. The lowest BCUT2D eigenvalue weighted by atomic mass is 10.1. The van der Waals surface area contributed by atoms with E-state index in [2.05, 4.69) is 59.2 Å². The molecule has 3 rings (SSSR count). The third kappa shape index (κ3) is 2.63.